The van der Waals surface area contributed by atoms with E-state index in [1.165, 1.54) is 4.90 Å². The Balaban J connectivity index is 1.69. The maximum atomic E-state index is 12.5. The number of hydrogen-bond donors (Lipinski definition) is 3. The van der Waals surface area contributed by atoms with Gasteiger partial charge in [0.2, 0.25) is 12.1 Å². The van der Waals surface area contributed by atoms with Gasteiger partial charge < -0.3 is 15.7 Å². The summed E-state index contributed by atoms with van der Waals surface area (Å²) in [5.74, 6) is -0.195. The molecule has 0 radical (unpaired) electrons. The molecule has 26 heavy (non-hydrogen) atoms. The Labute approximate surface area is 157 Å². The average Bonchev–Trinajstić information content (AvgIpc) is 2.80. The van der Waals surface area contributed by atoms with Crippen molar-refractivity contribution >= 4 is 35.2 Å². The Kier molecular flexibility index (Phi) is 6.16. The number of hydrogen-bond acceptors (Lipinski definition) is 6. The molecule has 2 heterocycles. The number of carboxylic acid groups (broad SMARTS) is 1. The Morgan fingerprint density at radius 1 is 1.35 bits per heavy atom. The van der Waals surface area contributed by atoms with Gasteiger partial charge in [-0.25, -0.2) is 9.79 Å². The standard InChI is InChI=1S/C18H24N4O3S/c1-2-3-7-10-19-14-16(23)22-15(18(24)25)21-13(11-26-17(14)22)20-12-8-5-4-6-9-12/h4-6,8-9,14-15,17,19H,2-3,7,10-11H2,1H3,(H,20,21)(H,24,25). The van der Waals surface area contributed by atoms with Crippen LogP contribution in [-0.2, 0) is 9.59 Å². The van der Waals surface area contributed by atoms with Crippen LogP contribution < -0.4 is 10.6 Å². The molecule has 3 N–H and O–H groups in total. The van der Waals surface area contributed by atoms with Crippen LogP contribution in [0.15, 0.2) is 35.3 Å². The Bertz CT molecular complexity index is 682. The lowest BCUT2D eigenvalue weighted by Gasteiger charge is -2.47. The van der Waals surface area contributed by atoms with E-state index in [4.69, 9.17) is 0 Å². The van der Waals surface area contributed by atoms with Gasteiger partial charge in [-0.05, 0) is 25.1 Å². The van der Waals surface area contributed by atoms with Gasteiger partial charge in [-0.2, -0.15) is 0 Å². The molecule has 1 amide bonds. The molecule has 1 aromatic rings. The number of β-lactam (4-membered cyclic amide) rings is 1. The van der Waals surface area contributed by atoms with E-state index in [2.05, 4.69) is 22.5 Å². The number of amides is 1. The maximum absolute atomic E-state index is 12.5. The van der Waals surface area contributed by atoms with Crippen LogP contribution in [0, 0.1) is 0 Å². The topological polar surface area (TPSA) is 94.0 Å². The minimum Gasteiger partial charge on any atom is -0.478 e. The molecule has 2 aliphatic rings. The molecule has 8 heteroatoms. The number of para-hydroxylation sites is 1. The number of benzene rings is 1. The lowest BCUT2D eigenvalue weighted by atomic mass is 10.1. The molecular formula is C18H24N4O3S. The van der Waals surface area contributed by atoms with Crippen LogP contribution in [0.3, 0.4) is 0 Å². The summed E-state index contributed by atoms with van der Waals surface area (Å²) in [7, 11) is 0. The summed E-state index contributed by atoms with van der Waals surface area (Å²) in [6, 6.07) is 9.17. The van der Waals surface area contributed by atoms with E-state index in [1.54, 1.807) is 11.8 Å². The molecule has 2 aliphatic heterocycles. The number of amidine groups is 1. The first-order valence-electron chi connectivity index (χ1n) is 8.90. The minimum absolute atomic E-state index is 0.184. The van der Waals surface area contributed by atoms with Gasteiger partial charge in [-0.15, -0.1) is 11.8 Å². The van der Waals surface area contributed by atoms with Crippen LogP contribution in [0.5, 0.6) is 0 Å². The van der Waals surface area contributed by atoms with Crippen molar-refractivity contribution in [1.82, 2.24) is 10.2 Å². The van der Waals surface area contributed by atoms with E-state index >= 15 is 0 Å². The van der Waals surface area contributed by atoms with E-state index in [1.807, 2.05) is 30.3 Å². The Morgan fingerprint density at radius 2 is 2.12 bits per heavy atom. The first kappa shape index (κ1) is 18.7. The third-order valence-electron chi connectivity index (χ3n) is 4.44. The molecule has 3 atom stereocenters. The van der Waals surface area contributed by atoms with Crippen molar-refractivity contribution in [3.8, 4) is 0 Å². The Hall–Kier alpha value is -2.06. The highest BCUT2D eigenvalue weighted by Gasteiger charge is 2.53. The lowest BCUT2D eigenvalue weighted by Crippen LogP contribution is -2.71. The van der Waals surface area contributed by atoms with Gasteiger partial charge in [0.15, 0.2) is 0 Å². The van der Waals surface area contributed by atoms with Crippen LogP contribution >= 0.6 is 11.8 Å². The highest BCUT2D eigenvalue weighted by Crippen LogP contribution is 2.35. The second kappa shape index (κ2) is 8.55. The normalized spacial score (nSPS) is 25.0. The molecule has 3 unspecified atom stereocenters. The third kappa shape index (κ3) is 4.02. The van der Waals surface area contributed by atoms with Crippen molar-refractivity contribution in [3.05, 3.63) is 30.3 Å². The van der Waals surface area contributed by atoms with E-state index in [9.17, 15) is 14.7 Å². The van der Waals surface area contributed by atoms with Gasteiger partial charge in [0.25, 0.3) is 0 Å². The fourth-order valence-corrected chi connectivity index (χ4v) is 4.35. The molecular weight excluding hydrogens is 352 g/mol. The fourth-order valence-electron chi connectivity index (χ4n) is 3.09. The SMILES string of the molecule is CCCCCNC1C(=O)N2C(C(=O)O)N=C(Nc3ccccc3)CSC12. The highest BCUT2D eigenvalue weighted by molar-refractivity contribution is 8.00. The lowest BCUT2D eigenvalue weighted by molar-refractivity contribution is -0.160. The van der Waals surface area contributed by atoms with Gasteiger partial charge in [0.1, 0.15) is 17.3 Å². The van der Waals surface area contributed by atoms with Gasteiger partial charge in [0.05, 0.1) is 5.75 Å². The number of nitrogens with zero attached hydrogens (tertiary/aromatic N) is 2. The molecule has 140 valence electrons. The summed E-state index contributed by atoms with van der Waals surface area (Å²) in [6.07, 6.45) is 2.06. The van der Waals surface area contributed by atoms with Crippen molar-refractivity contribution in [2.24, 2.45) is 4.99 Å². The molecule has 1 aromatic carbocycles. The average molecular weight is 376 g/mol. The third-order valence-corrected chi connectivity index (χ3v) is 5.72. The molecule has 0 spiro atoms. The number of fused-ring (bicyclic) bond motifs is 1. The predicted octanol–water partition coefficient (Wildman–Crippen LogP) is 1.97. The number of carboxylic acids is 1. The monoisotopic (exact) mass is 376 g/mol. The molecule has 7 nitrogen and oxygen atoms in total. The van der Waals surface area contributed by atoms with Crippen LogP contribution in [0.1, 0.15) is 26.2 Å². The van der Waals surface area contributed by atoms with E-state index < -0.39 is 12.1 Å². The summed E-state index contributed by atoms with van der Waals surface area (Å²) >= 11 is 1.54. The largest absolute Gasteiger partial charge is 0.478 e. The summed E-state index contributed by atoms with van der Waals surface area (Å²) < 4.78 is 0. The summed E-state index contributed by atoms with van der Waals surface area (Å²) in [6.45, 7) is 2.90. The van der Waals surface area contributed by atoms with Crippen molar-refractivity contribution in [2.45, 2.75) is 43.8 Å². The fraction of sp³-hybridized carbons (Fsp3) is 0.500. The molecule has 0 bridgehead atoms. The zero-order chi connectivity index (χ0) is 18.5. The van der Waals surface area contributed by atoms with Crippen molar-refractivity contribution in [2.75, 3.05) is 17.6 Å². The number of rotatable bonds is 7. The Morgan fingerprint density at radius 3 is 2.81 bits per heavy atom. The first-order chi connectivity index (χ1) is 12.6. The van der Waals surface area contributed by atoms with E-state index in [0.29, 0.717) is 11.6 Å². The summed E-state index contributed by atoms with van der Waals surface area (Å²) in [5.41, 5.74) is 0.848. The number of thioether (sulfide) groups is 1. The van der Waals surface area contributed by atoms with Gasteiger partial charge >= 0.3 is 5.97 Å². The maximum Gasteiger partial charge on any atom is 0.349 e. The number of aliphatic carboxylic acids is 1. The molecule has 3 rings (SSSR count). The second-order valence-electron chi connectivity index (χ2n) is 6.36. The van der Waals surface area contributed by atoms with Crippen LogP contribution in [0.2, 0.25) is 0 Å². The highest BCUT2D eigenvalue weighted by atomic mass is 32.2. The number of nitrogens with one attached hydrogen (secondary N) is 2. The van der Waals surface area contributed by atoms with Crippen molar-refractivity contribution in [1.29, 1.82) is 0 Å². The zero-order valence-electron chi connectivity index (χ0n) is 14.7. The van der Waals surface area contributed by atoms with E-state index in [0.717, 1.165) is 31.5 Å². The number of carbonyl (C=O) groups is 2. The van der Waals surface area contributed by atoms with Crippen molar-refractivity contribution in [3.63, 3.8) is 0 Å². The van der Waals surface area contributed by atoms with E-state index in [-0.39, 0.29) is 17.3 Å². The predicted molar refractivity (Wildman–Crippen MR) is 103 cm³/mol. The number of anilines is 1. The first-order valence-corrected chi connectivity index (χ1v) is 9.95. The minimum atomic E-state index is -1.18. The molecule has 1 saturated heterocycles. The number of unbranched alkanes of at least 4 members (excludes halogenated alkanes) is 2. The summed E-state index contributed by atoms with van der Waals surface area (Å²) in [5, 5.41) is 15.8. The number of carbonyl (C=O) groups excluding carboxylic acids is 1. The molecule has 0 aliphatic carbocycles. The molecule has 0 saturated carbocycles. The van der Waals surface area contributed by atoms with Crippen LogP contribution in [0.4, 0.5) is 5.69 Å². The van der Waals surface area contributed by atoms with Gasteiger partial charge in [-0.1, -0.05) is 38.0 Å². The van der Waals surface area contributed by atoms with Gasteiger partial charge in [0, 0.05) is 5.69 Å². The second-order valence-corrected chi connectivity index (χ2v) is 7.47. The van der Waals surface area contributed by atoms with Crippen LogP contribution in [0.25, 0.3) is 0 Å². The van der Waals surface area contributed by atoms with Gasteiger partial charge in [-0.3, -0.25) is 9.69 Å². The summed E-state index contributed by atoms with van der Waals surface area (Å²) in [4.78, 5) is 29.9. The smallest absolute Gasteiger partial charge is 0.349 e. The zero-order valence-corrected chi connectivity index (χ0v) is 15.5. The number of aliphatic imine (C=N–C) groups is 1. The quantitative estimate of drug-likeness (QED) is 0.498. The van der Waals surface area contributed by atoms with Crippen LogP contribution in [-0.4, -0.2) is 57.6 Å². The van der Waals surface area contributed by atoms with Crippen molar-refractivity contribution < 1.29 is 14.7 Å². The molecule has 0 aromatic heterocycles. The molecule has 1 fully saturated rings.